The molecule has 1 amide bonds. The zero-order chi connectivity index (χ0) is 14.9. The summed E-state index contributed by atoms with van der Waals surface area (Å²) in [5, 5.41) is 2.27. The highest BCUT2D eigenvalue weighted by Gasteiger charge is 2.14. The first-order chi connectivity index (χ1) is 9.36. The van der Waals surface area contributed by atoms with Crippen molar-refractivity contribution in [1.29, 1.82) is 0 Å². The number of nitrogens with one attached hydrogen (secondary N) is 1. The van der Waals surface area contributed by atoms with E-state index < -0.39 is 17.5 Å². The second-order valence-electron chi connectivity index (χ2n) is 3.70. The van der Waals surface area contributed by atoms with Gasteiger partial charge in [-0.2, -0.15) is 0 Å². The Kier molecular flexibility index (Phi) is 4.57. The number of pyridine rings is 1. The van der Waals surface area contributed by atoms with Crippen molar-refractivity contribution in [2.45, 2.75) is 0 Å². The van der Waals surface area contributed by atoms with Crippen LogP contribution in [0.4, 0.5) is 14.5 Å². The van der Waals surface area contributed by atoms with Crippen molar-refractivity contribution in [3.8, 4) is 0 Å². The summed E-state index contributed by atoms with van der Waals surface area (Å²) in [5.41, 5.74) is -0.211. The van der Waals surface area contributed by atoms with E-state index in [4.69, 9.17) is 23.2 Å². The molecule has 3 nitrogen and oxygen atoms in total. The zero-order valence-corrected chi connectivity index (χ0v) is 12.7. The molecule has 0 saturated carbocycles. The molecule has 8 heteroatoms. The van der Waals surface area contributed by atoms with Gasteiger partial charge in [0.25, 0.3) is 5.91 Å². The Morgan fingerprint density at radius 2 is 1.70 bits per heavy atom. The fourth-order valence-corrected chi connectivity index (χ4v) is 2.18. The normalized spacial score (nSPS) is 10.4. The molecule has 0 aliphatic heterocycles. The molecule has 20 heavy (non-hydrogen) atoms. The van der Waals surface area contributed by atoms with Crippen LogP contribution in [0.2, 0.25) is 10.3 Å². The first kappa shape index (κ1) is 15.2. The van der Waals surface area contributed by atoms with Crippen LogP contribution in [-0.4, -0.2) is 10.9 Å². The van der Waals surface area contributed by atoms with Gasteiger partial charge in [0, 0.05) is 11.6 Å². The number of aromatic nitrogens is 1. The minimum atomic E-state index is -0.780. The summed E-state index contributed by atoms with van der Waals surface area (Å²) in [5.74, 6) is -2.16. The van der Waals surface area contributed by atoms with Crippen LogP contribution in [0.25, 0.3) is 0 Å². The highest BCUT2D eigenvalue weighted by Crippen LogP contribution is 2.24. The molecule has 2 rings (SSSR count). The highest BCUT2D eigenvalue weighted by atomic mass is 79.9. The first-order valence-electron chi connectivity index (χ1n) is 5.16. The van der Waals surface area contributed by atoms with E-state index in [1.807, 2.05) is 0 Å². The van der Waals surface area contributed by atoms with Gasteiger partial charge >= 0.3 is 0 Å². The Morgan fingerprint density at radius 1 is 1.10 bits per heavy atom. The van der Waals surface area contributed by atoms with E-state index in [0.29, 0.717) is 0 Å². The molecule has 0 aliphatic carbocycles. The Morgan fingerprint density at radius 3 is 2.30 bits per heavy atom. The summed E-state index contributed by atoms with van der Waals surface area (Å²) in [6, 6.07) is 4.30. The third-order valence-corrected chi connectivity index (χ3v) is 3.28. The molecule has 0 fully saturated rings. The lowest BCUT2D eigenvalue weighted by Crippen LogP contribution is -2.13. The summed E-state index contributed by atoms with van der Waals surface area (Å²) >= 11 is 14.2. The number of carbonyl (C=O) groups excluding carboxylic acids is 1. The van der Waals surface area contributed by atoms with Crippen LogP contribution in [-0.2, 0) is 0 Å². The second kappa shape index (κ2) is 6.03. The van der Waals surface area contributed by atoms with E-state index in [9.17, 15) is 13.6 Å². The summed E-state index contributed by atoms with van der Waals surface area (Å²) in [7, 11) is 0. The number of carbonyl (C=O) groups is 1. The molecule has 0 aliphatic rings. The van der Waals surface area contributed by atoms with Gasteiger partial charge in [0.1, 0.15) is 21.9 Å². The van der Waals surface area contributed by atoms with E-state index in [0.717, 1.165) is 12.1 Å². The van der Waals surface area contributed by atoms with Crippen molar-refractivity contribution in [2.75, 3.05) is 5.32 Å². The predicted molar refractivity (Wildman–Crippen MR) is 76.3 cm³/mol. The maximum absolute atomic E-state index is 13.6. The lowest BCUT2D eigenvalue weighted by atomic mass is 10.2. The lowest BCUT2D eigenvalue weighted by molar-refractivity contribution is 0.102. The maximum Gasteiger partial charge on any atom is 0.255 e. The van der Waals surface area contributed by atoms with Crippen LogP contribution >= 0.6 is 39.1 Å². The Hall–Kier alpha value is -1.24. The quantitative estimate of drug-likeness (QED) is 0.606. The van der Waals surface area contributed by atoms with Crippen LogP contribution in [0.15, 0.2) is 28.7 Å². The Labute approximate surface area is 131 Å². The van der Waals surface area contributed by atoms with Crippen LogP contribution in [0.1, 0.15) is 10.4 Å². The van der Waals surface area contributed by atoms with Crippen molar-refractivity contribution < 1.29 is 13.6 Å². The van der Waals surface area contributed by atoms with Gasteiger partial charge in [0.2, 0.25) is 0 Å². The van der Waals surface area contributed by atoms with Gasteiger partial charge in [-0.25, -0.2) is 13.8 Å². The summed E-state index contributed by atoms with van der Waals surface area (Å²) in [4.78, 5) is 15.6. The zero-order valence-electron chi connectivity index (χ0n) is 9.55. The minimum Gasteiger partial charge on any atom is -0.319 e. The van der Waals surface area contributed by atoms with Crippen LogP contribution < -0.4 is 5.32 Å². The van der Waals surface area contributed by atoms with Gasteiger partial charge in [-0.05, 0) is 34.1 Å². The molecule has 0 radical (unpaired) electrons. The van der Waals surface area contributed by atoms with Gasteiger partial charge in [-0.3, -0.25) is 4.79 Å². The highest BCUT2D eigenvalue weighted by molar-refractivity contribution is 9.10. The molecular weight excluding hydrogens is 377 g/mol. The van der Waals surface area contributed by atoms with Crippen LogP contribution in [0.5, 0.6) is 0 Å². The summed E-state index contributed by atoms with van der Waals surface area (Å²) in [6.45, 7) is 0. The molecule has 1 aromatic heterocycles. The lowest BCUT2D eigenvalue weighted by Gasteiger charge is -2.08. The third kappa shape index (κ3) is 3.45. The van der Waals surface area contributed by atoms with Crippen molar-refractivity contribution in [2.24, 2.45) is 0 Å². The molecule has 0 saturated heterocycles. The average molecular weight is 382 g/mol. The number of hydrogen-bond donors (Lipinski definition) is 1. The minimum absolute atomic E-state index is 0.0186. The molecule has 1 aromatic carbocycles. The Bertz CT molecular complexity index is 677. The fraction of sp³-hybridized carbons (Fsp3) is 0. The fourth-order valence-electron chi connectivity index (χ4n) is 1.41. The smallest absolute Gasteiger partial charge is 0.255 e. The SMILES string of the molecule is O=C(Nc1cc(F)c(Br)cc1F)c1cc(Cl)nc(Cl)c1. The molecule has 1 heterocycles. The third-order valence-electron chi connectivity index (χ3n) is 2.28. The van der Waals surface area contributed by atoms with Gasteiger partial charge in [0.05, 0.1) is 10.2 Å². The Balaban J connectivity index is 2.30. The van der Waals surface area contributed by atoms with Crippen molar-refractivity contribution in [3.05, 3.63) is 56.2 Å². The number of amides is 1. The van der Waals surface area contributed by atoms with Crippen molar-refractivity contribution in [1.82, 2.24) is 4.98 Å². The average Bonchev–Trinajstić information content (AvgIpc) is 2.34. The second-order valence-corrected chi connectivity index (χ2v) is 5.33. The van der Waals surface area contributed by atoms with Gasteiger partial charge in [-0.1, -0.05) is 23.2 Å². The topological polar surface area (TPSA) is 42.0 Å². The van der Waals surface area contributed by atoms with Crippen molar-refractivity contribution in [3.63, 3.8) is 0 Å². The maximum atomic E-state index is 13.6. The predicted octanol–water partition coefficient (Wildman–Crippen LogP) is 4.68. The molecule has 0 bridgehead atoms. The van der Waals surface area contributed by atoms with Gasteiger partial charge in [0.15, 0.2) is 0 Å². The summed E-state index contributed by atoms with van der Waals surface area (Å²) < 4.78 is 26.9. The molecule has 0 unspecified atom stereocenters. The molecule has 104 valence electrons. The van der Waals surface area contributed by atoms with Gasteiger partial charge < -0.3 is 5.32 Å². The number of halogens is 5. The molecule has 0 spiro atoms. The molecular formula is C12H5BrCl2F2N2O. The van der Waals surface area contributed by atoms with E-state index in [1.54, 1.807) is 0 Å². The largest absolute Gasteiger partial charge is 0.319 e. The van der Waals surface area contributed by atoms with Crippen LogP contribution in [0.3, 0.4) is 0 Å². The standard InChI is InChI=1S/C12H5BrCl2F2N2O/c13-6-3-8(17)9(4-7(6)16)18-12(20)5-1-10(14)19-11(15)2-5/h1-4H,(H,18,20). The van der Waals surface area contributed by atoms with E-state index in [1.165, 1.54) is 12.1 Å². The number of benzene rings is 1. The molecule has 2 aromatic rings. The number of nitrogens with zero attached hydrogens (tertiary/aromatic N) is 1. The summed E-state index contributed by atoms with van der Waals surface area (Å²) in [6.07, 6.45) is 0. The van der Waals surface area contributed by atoms with Crippen molar-refractivity contribution >= 4 is 50.7 Å². The van der Waals surface area contributed by atoms with E-state index in [2.05, 4.69) is 26.2 Å². The number of anilines is 1. The van der Waals surface area contributed by atoms with E-state index >= 15 is 0 Å². The number of rotatable bonds is 2. The number of hydrogen-bond acceptors (Lipinski definition) is 2. The first-order valence-corrected chi connectivity index (χ1v) is 6.70. The van der Waals surface area contributed by atoms with E-state index in [-0.39, 0.29) is 26.0 Å². The monoisotopic (exact) mass is 380 g/mol. The molecule has 0 atom stereocenters. The van der Waals surface area contributed by atoms with Gasteiger partial charge in [-0.15, -0.1) is 0 Å². The van der Waals surface area contributed by atoms with Crippen LogP contribution in [0, 0.1) is 11.6 Å². The molecule has 1 N–H and O–H groups in total.